The number of aryl methyl sites for hydroxylation is 1. The molecule has 76 valence electrons. The van der Waals surface area contributed by atoms with Gasteiger partial charge in [0.2, 0.25) is 5.78 Å². The Morgan fingerprint density at radius 2 is 2.07 bits per heavy atom. The summed E-state index contributed by atoms with van der Waals surface area (Å²) in [5.41, 5.74) is 0.767. The fourth-order valence-electron chi connectivity index (χ4n) is 1.33. The summed E-state index contributed by atoms with van der Waals surface area (Å²) in [5, 5.41) is 0. The van der Waals surface area contributed by atoms with E-state index in [1.165, 1.54) is 4.88 Å². The summed E-state index contributed by atoms with van der Waals surface area (Å²) >= 11 is 3.76. The van der Waals surface area contributed by atoms with Crippen molar-refractivity contribution in [3.8, 4) is 0 Å². The monoisotopic (exact) mass is 328 g/mol. The molecule has 0 unspecified atom stereocenters. The van der Waals surface area contributed by atoms with Gasteiger partial charge >= 0.3 is 0 Å². The Kier molecular flexibility index (Phi) is 3.21. The van der Waals surface area contributed by atoms with Gasteiger partial charge < -0.3 is 0 Å². The average Bonchev–Trinajstić information content (AvgIpc) is 2.64. The van der Waals surface area contributed by atoms with E-state index in [0.717, 1.165) is 14.0 Å². The molecule has 0 saturated heterocycles. The van der Waals surface area contributed by atoms with Gasteiger partial charge in [-0.1, -0.05) is 12.1 Å². The van der Waals surface area contributed by atoms with Crippen LogP contribution in [0, 0.1) is 10.5 Å². The summed E-state index contributed by atoms with van der Waals surface area (Å²) in [7, 11) is 0. The molecule has 1 nitrogen and oxygen atoms in total. The first kappa shape index (κ1) is 10.8. The van der Waals surface area contributed by atoms with Gasteiger partial charge in [0.15, 0.2) is 0 Å². The fourth-order valence-corrected chi connectivity index (χ4v) is 2.70. The van der Waals surface area contributed by atoms with E-state index in [1.807, 2.05) is 43.3 Å². The smallest absolute Gasteiger partial charge is 0.202 e. The number of thiophene rings is 1. The number of rotatable bonds is 2. The van der Waals surface area contributed by atoms with Gasteiger partial charge in [-0.25, -0.2) is 0 Å². The maximum Gasteiger partial charge on any atom is 0.202 e. The second kappa shape index (κ2) is 4.45. The molecule has 0 spiro atoms. The van der Waals surface area contributed by atoms with Crippen LogP contribution in [0.3, 0.4) is 0 Å². The minimum absolute atomic E-state index is 0.117. The van der Waals surface area contributed by atoms with Gasteiger partial charge in [-0.15, -0.1) is 11.3 Å². The molecule has 2 rings (SSSR count). The molecule has 0 atom stereocenters. The molecule has 0 saturated carbocycles. The Hall–Kier alpha value is -0.680. The highest BCUT2D eigenvalue weighted by Crippen LogP contribution is 2.20. The standard InChI is InChI=1S/C12H9IOS/c1-8-5-6-11(15-8)12(14)9-3-2-4-10(13)7-9/h2-7H,1H3. The van der Waals surface area contributed by atoms with Crippen molar-refractivity contribution in [1.29, 1.82) is 0 Å². The van der Waals surface area contributed by atoms with Crippen LogP contribution >= 0.6 is 33.9 Å². The summed E-state index contributed by atoms with van der Waals surface area (Å²) in [6, 6.07) is 11.5. The van der Waals surface area contributed by atoms with Crippen molar-refractivity contribution in [3.63, 3.8) is 0 Å². The Morgan fingerprint density at radius 1 is 1.27 bits per heavy atom. The van der Waals surface area contributed by atoms with Gasteiger partial charge in [-0.3, -0.25) is 4.79 Å². The molecule has 1 aromatic heterocycles. The van der Waals surface area contributed by atoms with Crippen LogP contribution < -0.4 is 0 Å². The topological polar surface area (TPSA) is 17.1 Å². The van der Waals surface area contributed by atoms with E-state index < -0.39 is 0 Å². The van der Waals surface area contributed by atoms with E-state index in [4.69, 9.17) is 0 Å². The van der Waals surface area contributed by atoms with E-state index in [9.17, 15) is 4.79 Å². The molecule has 0 radical (unpaired) electrons. The van der Waals surface area contributed by atoms with Crippen molar-refractivity contribution < 1.29 is 4.79 Å². The predicted molar refractivity (Wildman–Crippen MR) is 71.6 cm³/mol. The number of halogens is 1. The number of carbonyl (C=O) groups is 1. The fraction of sp³-hybridized carbons (Fsp3) is 0.0833. The molecule has 0 aliphatic heterocycles. The minimum Gasteiger partial charge on any atom is -0.288 e. The normalized spacial score (nSPS) is 10.3. The third-order valence-corrected chi connectivity index (χ3v) is 3.72. The average molecular weight is 328 g/mol. The summed E-state index contributed by atoms with van der Waals surface area (Å²) in [5.74, 6) is 0.117. The highest BCUT2D eigenvalue weighted by atomic mass is 127. The highest BCUT2D eigenvalue weighted by molar-refractivity contribution is 14.1. The molecule has 0 N–H and O–H groups in total. The zero-order valence-electron chi connectivity index (χ0n) is 8.16. The van der Waals surface area contributed by atoms with Crippen LogP contribution in [0.1, 0.15) is 20.1 Å². The Bertz CT molecular complexity index is 502. The first-order valence-electron chi connectivity index (χ1n) is 4.53. The maximum absolute atomic E-state index is 12.0. The van der Waals surface area contributed by atoms with E-state index in [2.05, 4.69) is 22.6 Å². The second-order valence-electron chi connectivity index (χ2n) is 3.25. The number of carbonyl (C=O) groups excluding carboxylic acids is 1. The van der Waals surface area contributed by atoms with Crippen molar-refractivity contribution in [3.05, 3.63) is 55.3 Å². The minimum atomic E-state index is 0.117. The van der Waals surface area contributed by atoms with Crippen molar-refractivity contribution in [2.24, 2.45) is 0 Å². The van der Waals surface area contributed by atoms with Crippen LogP contribution in [0.4, 0.5) is 0 Å². The third kappa shape index (κ3) is 2.46. The number of benzene rings is 1. The van der Waals surface area contributed by atoms with Crippen LogP contribution in [-0.4, -0.2) is 5.78 Å². The number of hydrogen-bond donors (Lipinski definition) is 0. The lowest BCUT2D eigenvalue weighted by molar-refractivity contribution is 0.104. The third-order valence-electron chi connectivity index (χ3n) is 2.05. The van der Waals surface area contributed by atoms with Gasteiger partial charge in [-0.2, -0.15) is 0 Å². The van der Waals surface area contributed by atoms with E-state index in [-0.39, 0.29) is 5.78 Å². The Labute approximate surface area is 106 Å². The van der Waals surface area contributed by atoms with Crippen LogP contribution in [-0.2, 0) is 0 Å². The predicted octanol–water partition coefficient (Wildman–Crippen LogP) is 3.89. The van der Waals surface area contributed by atoms with E-state index >= 15 is 0 Å². The first-order valence-corrected chi connectivity index (χ1v) is 6.43. The summed E-state index contributed by atoms with van der Waals surface area (Å²) in [6.45, 7) is 2.01. The molecule has 0 aliphatic rings. The lowest BCUT2D eigenvalue weighted by Gasteiger charge is -1.98. The molecule has 0 bridgehead atoms. The molecule has 1 heterocycles. The summed E-state index contributed by atoms with van der Waals surface area (Å²) in [4.78, 5) is 14.0. The molecule has 0 amide bonds. The molecular weight excluding hydrogens is 319 g/mol. The van der Waals surface area contributed by atoms with Crippen LogP contribution in [0.5, 0.6) is 0 Å². The Balaban J connectivity index is 2.36. The zero-order chi connectivity index (χ0) is 10.8. The molecular formula is C12H9IOS. The summed E-state index contributed by atoms with van der Waals surface area (Å²) in [6.07, 6.45) is 0. The number of ketones is 1. The highest BCUT2D eigenvalue weighted by Gasteiger charge is 2.10. The van der Waals surface area contributed by atoms with Gasteiger partial charge in [0.25, 0.3) is 0 Å². The van der Waals surface area contributed by atoms with Crippen molar-refractivity contribution in [1.82, 2.24) is 0 Å². The second-order valence-corrected chi connectivity index (χ2v) is 5.78. The maximum atomic E-state index is 12.0. The van der Waals surface area contributed by atoms with Crippen LogP contribution in [0.2, 0.25) is 0 Å². The Morgan fingerprint density at radius 3 is 2.67 bits per heavy atom. The van der Waals surface area contributed by atoms with Crippen molar-refractivity contribution in [2.45, 2.75) is 6.92 Å². The van der Waals surface area contributed by atoms with E-state index in [1.54, 1.807) is 11.3 Å². The summed E-state index contributed by atoms with van der Waals surface area (Å²) < 4.78 is 1.09. The SMILES string of the molecule is Cc1ccc(C(=O)c2cccc(I)c2)s1. The molecule has 0 aliphatic carbocycles. The van der Waals surface area contributed by atoms with Gasteiger partial charge in [-0.05, 0) is 53.8 Å². The van der Waals surface area contributed by atoms with Crippen molar-refractivity contribution in [2.75, 3.05) is 0 Å². The first-order chi connectivity index (χ1) is 7.16. The van der Waals surface area contributed by atoms with Gasteiger partial charge in [0.05, 0.1) is 4.88 Å². The van der Waals surface area contributed by atoms with Crippen molar-refractivity contribution >= 4 is 39.7 Å². The molecule has 2 aromatic rings. The van der Waals surface area contributed by atoms with E-state index in [0.29, 0.717) is 0 Å². The lowest BCUT2D eigenvalue weighted by Crippen LogP contribution is -1.98. The zero-order valence-corrected chi connectivity index (χ0v) is 11.1. The lowest BCUT2D eigenvalue weighted by atomic mass is 10.1. The molecule has 15 heavy (non-hydrogen) atoms. The molecule has 1 aromatic carbocycles. The van der Waals surface area contributed by atoms with Crippen LogP contribution in [0.15, 0.2) is 36.4 Å². The van der Waals surface area contributed by atoms with Gasteiger partial charge in [0, 0.05) is 14.0 Å². The molecule has 3 heteroatoms. The quantitative estimate of drug-likeness (QED) is 0.604. The molecule has 0 fully saturated rings. The largest absolute Gasteiger partial charge is 0.288 e. The van der Waals surface area contributed by atoms with Gasteiger partial charge in [0.1, 0.15) is 0 Å². The number of hydrogen-bond acceptors (Lipinski definition) is 2. The van der Waals surface area contributed by atoms with Crippen LogP contribution in [0.25, 0.3) is 0 Å².